The number of halogens is 1. The summed E-state index contributed by atoms with van der Waals surface area (Å²) in [7, 11) is 0. The van der Waals surface area contributed by atoms with Crippen molar-refractivity contribution in [1.82, 2.24) is 14.7 Å². The Morgan fingerprint density at radius 1 is 1.40 bits per heavy atom. The summed E-state index contributed by atoms with van der Waals surface area (Å²) < 4.78 is 21.6. The van der Waals surface area contributed by atoms with E-state index in [0.29, 0.717) is 42.1 Å². The van der Waals surface area contributed by atoms with E-state index in [1.807, 2.05) is 26.1 Å². The Morgan fingerprint density at radius 2 is 2.13 bits per heavy atom. The third-order valence-electron chi connectivity index (χ3n) is 5.95. The highest BCUT2D eigenvalue weighted by atomic mass is 19.1. The summed E-state index contributed by atoms with van der Waals surface area (Å²) in [6.45, 7) is 6.13. The van der Waals surface area contributed by atoms with Crippen LogP contribution >= 0.6 is 0 Å². The van der Waals surface area contributed by atoms with Crippen LogP contribution in [0.4, 0.5) is 4.39 Å². The summed E-state index contributed by atoms with van der Waals surface area (Å²) >= 11 is 0. The summed E-state index contributed by atoms with van der Waals surface area (Å²) in [5.74, 6) is 4.78. The van der Waals surface area contributed by atoms with Crippen molar-refractivity contribution < 1.29 is 18.8 Å². The molecule has 0 unspecified atom stereocenters. The number of fused-ring (bicyclic) bond motifs is 1. The van der Waals surface area contributed by atoms with Crippen molar-refractivity contribution in [2.75, 3.05) is 0 Å². The molecule has 0 saturated heterocycles. The smallest absolute Gasteiger partial charge is 0.382 e. The maximum Gasteiger partial charge on any atom is 0.382 e. The number of hydrogen-bond acceptors (Lipinski definition) is 4. The first-order chi connectivity index (χ1) is 14.2. The Bertz CT molecular complexity index is 1150. The van der Waals surface area contributed by atoms with Crippen molar-refractivity contribution in [3.63, 3.8) is 0 Å². The average molecular weight is 409 g/mol. The van der Waals surface area contributed by atoms with E-state index in [4.69, 9.17) is 9.63 Å². The monoisotopic (exact) mass is 409 g/mol. The molecular weight excluding hydrogens is 385 g/mol. The summed E-state index contributed by atoms with van der Waals surface area (Å²) in [4.78, 5) is 15.5. The Labute approximate surface area is 174 Å². The maximum absolute atomic E-state index is 14.2. The van der Waals surface area contributed by atoms with Crippen LogP contribution in [0.1, 0.15) is 49.6 Å². The number of hydrogen-bond donors (Lipinski definition) is 1. The predicted molar refractivity (Wildman–Crippen MR) is 111 cm³/mol. The highest BCUT2D eigenvalue weighted by molar-refractivity contribution is 5.91. The normalized spacial score (nSPS) is 21.4. The third kappa shape index (κ3) is 3.95. The molecule has 6 nitrogen and oxygen atoms in total. The van der Waals surface area contributed by atoms with Crippen molar-refractivity contribution in [2.24, 2.45) is 5.92 Å². The van der Waals surface area contributed by atoms with E-state index in [1.54, 1.807) is 13.1 Å². The van der Waals surface area contributed by atoms with E-state index >= 15 is 0 Å². The molecule has 1 N–H and O–H groups in total. The van der Waals surface area contributed by atoms with Crippen LogP contribution in [-0.2, 0) is 11.3 Å². The second kappa shape index (κ2) is 7.60. The molecule has 1 aliphatic carbocycles. The molecule has 0 amide bonds. The van der Waals surface area contributed by atoms with Gasteiger partial charge in [0.15, 0.2) is 0 Å². The van der Waals surface area contributed by atoms with Gasteiger partial charge < -0.3 is 14.2 Å². The minimum Gasteiger partial charge on any atom is -0.472 e. The van der Waals surface area contributed by atoms with E-state index < -0.39 is 11.6 Å². The summed E-state index contributed by atoms with van der Waals surface area (Å²) in [6, 6.07) is 2.02. The number of carboxylic acid groups (broad SMARTS) is 1. The summed E-state index contributed by atoms with van der Waals surface area (Å²) in [6.07, 6.45) is 6.35. The molecule has 7 heteroatoms. The zero-order valence-corrected chi connectivity index (χ0v) is 17.3. The summed E-state index contributed by atoms with van der Waals surface area (Å²) in [5, 5.41) is 13.0. The molecule has 3 aromatic rings. The number of carbonyl (C=O) groups is 1. The van der Waals surface area contributed by atoms with Crippen molar-refractivity contribution >= 4 is 17.0 Å². The lowest BCUT2D eigenvalue weighted by molar-refractivity contribution is -0.130. The predicted octanol–water partition coefficient (Wildman–Crippen LogP) is 4.66. The van der Waals surface area contributed by atoms with Crippen LogP contribution in [0.25, 0.3) is 22.2 Å². The molecule has 1 saturated carbocycles. The first-order valence-electron chi connectivity index (χ1n) is 10.1. The Morgan fingerprint density at radius 3 is 2.77 bits per heavy atom. The molecule has 4 rings (SSSR count). The van der Waals surface area contributed by atoms with Gasteiger partial charge in [0, 0.05) is 36.0 Å². The molecule has 3 heterocycles. The van der Waals surface area contributed by atoms with E-state index in [9.17, 15) is 9.18 Å². The zero-order chi connectivity index (χ0) is 21.5. The van der Waals surface area contributed by atoms with Crippen molar-refractivity contribution in [3.05, 3.63) is 35.5 Å². The third-order valence-corrected chi connectivity index (χ3v) is 5.95. The molecular formula is C23H24FN3O3. The van der Waals surface area contributed by atoms with E-state index in [0.717, 1.165) is 35.2 Å². The molecule has 156 valence electrons. The van der Waals surface area contributed by atoms with Gasteiger partial charge in [-0.15, -0.1) is 0 Å². The largest absolute Gasteiger partial charge is 0.472 e. The SMILES string of the molecule is Cc1noc(C)c1-c1cnc2c(C#CC(=O)O)cn(CC3CCC(C)(F)CC3)c2c1. The highest BCUT2D eigenvalue weighted by Gasteiger charge is 2.31. The number of alkyl halides is 1. The molecule has 1 fully saturated rings. The van der Waals surface area contributed by atoms with Crippen molar-refractivity contribution in [2.45, 2.75) is 58.7 Å². The minimum absolute atomic E-state index is 0.354. The fourth-order valence-electron chi connectivity index (χ4n) is 4.30. The molecule has 0 aromatic carbocycles. The molecule has 1 aliphatic rings. The van der Waals surface area contributed by atoms with Gasteiger partial charge in [0.1, 0.15) is 16.9 Å². The maximum atomic E-state index is 14.2. The van der Waals surface area contributed by atoms with E-state index in [-0.39, 0.29) is 0 Å². The number of pyridine rings is 1. The van der Waals surface area contributed by atoms with Gasteiger partial charge in [-0.05, 0) is 58.4 Å². The molecule has 0 spiro atoms. The number of rotatable bonds is 3. The fourth-order valence-corrected chi connectivity index (χ4v) is 4.30. The first-order valence-corrected chi connectivity index (χ1v) is 10.1. The molecule has 30 heavy (non-hydrogen) atoms. The lowest BCUT2D eigenvalue weighted by Crippen LogP contribution is -2.27. The van der Waals surface area contributed by atoms with Gasteiger partial charge in [0.25, 0.3) is 0 Å². The van der Waals surface area contributed by atoms with Gasteiger partial charge in [-0.2, -0.15) is 0 Å². The van der Waals surface area contributed by atoms with E-state index in [1.165, 1.54) is 0 Å². The van der Waals surface area contributed by atoms with Gasteiger partial charge >= 0.3 is 5.97 Å². The minimum atomic E-state index is -1.18. The zero-order valence-electron chi connectivity index (χ0n) is 17.3. The Kier molecular flexibility index (Phi) is 5.10. The Balaban J connectivity index is 1.76. The lowest BCUT2D eigenvalue weighted by atomic mass is 9.81. The topological polar surface area (TPSA) is 81.2 Å². The second-order valence-electron chi connectivity index (χ2n) is 8.40. The van der Waals surface area contributed by atoms with Gasteiger partial charge in [-0.25, -0.2) is 9.18 Å². The molecule has 0 aliphatic heterocycles. The number of aliphatic carboxylic acids is 1. The quantitative estimate of drug-likeness (QED) is 0.636. The van der Waals surface area contributed by atoms with Gasteiger partial charge in [0.05, 0.1) is 16.8 Å². The first kappa shape index (κ1) is 20.1. The van der Waals surface area contributed by atoms with Crippen molar-refractivity contribution in [3.8, 4) is 23.0 Å². The standard InChI is InChI=1S/C23H24FN3O3/c1-14-21(15(2)30-26-14)18-10-19-22(25-11-18)17(4-5-20(28)29)13-27(19)12-16-6-8-23(3,24)9-7-16/h10-11,13,16H,6-9,12H2,1-3H3,(H,28,29). The van der Waals surface area contributed by atoms with Gasteiger partial charge in [-0.3, -0.25) is 4.98 Å². The van der Waals surface area contributed by atoms with Crippen LogP contribution < -0.4 is 0 Å². The molecule has 0 bridgehead atoms. The Hall–Kier alpha value is -3.14. The van der Waals surface area contributed by atoms with Crippen LogP contribution in [0.3, 0.4) is 0 Å². The van der Waals surface area contributed by atoms with Crippen LogP contribution in [0, 0.1) is 31.6 Å². The number of aromatic nitrogens is 3. The van der Waals surface area contributed by atoms with E-state index in [2.05, 4.69) is 26.5 Å². The number of nitrogens with zero attached hydrogens (tertiary/aromatic N) is 3. The highest BCUT2D eigenvalue weighted by Crippen LogP contribution is 2.36. The van der Waals surface area contributed by atoms with Crippen LogP contribution in [0.2, 0.25) is 0 Å². The molecule has 0 radical (unpaired) electrons. The molecule has 3 aromatic heterocycles. The van der Waals surface area contributed by atoms with Gasteiger partial charge in [0.2, 0.25) is 0 Å². The summed E-state index contributed by atoms with van der Waals surface area (Å²) in [5.41, 5.74) is 3.60. The fraction of sp³-hybridized carbons (Fsp3) is 0.435. The lowest BCUT2D eigenvalue weighted by Gasteiger charge is -2.31. The van der Waals surface area contributed by atoms with Gasteiger partial charge in [-0.1, -0.05) is 11.1 Å². The second-order valence-corrected chi connectivity index (χ2v) is 8.40. The average Bonchev–Trinajstić information content (AvgIpc) is 3.21. The number of aryl methyl sites for hydroxylation is 2. The molecule has 0 atom stereocenters. The van der Waals surface area contributed by atoms with Crippen LogP contribution in [-0.4, -0.2) is 31.5 Å². The van der Waals surface area contributed by atoms with Crippen molar-refractivity contribution in [1.29, 1.82) is 0 Å². The number of carboxylic acids is 1. The van der Waals surface area contributed by atoms with Crippen LogP contribution in [0.5, 0.6) is 0 Å². The van der Waals surface area contributed by atoms with Crippen LogP contribution in [0.15, 0.2) is 23.0 Å².